The Labute approximate surface area is 181 Å². The molecule has 0 radical (unpaired) electrons. The Morgan fingerprint density at radius 1 is 1.03 bits per heavy atom. The predicted octanol–water partition coefficient (Wildman–Crippen LogP) is 3.08. The molecule has 0 aliphatic carbocycles. The minimum atomic E-state index is 0.273. The number of fused-ring (bicyclic) bond motifs is 2. The van der Waals surface area contributed by atoms with Gasteiger partial charge in [0.2, 0.25) is 6.79 Å². The van der Waals surface area contributed by atoms with Gasteiger partial charge in [-0.15, -0.1) is 10.2 Å². The van der Waals surface area contributed by atoms with E-state index in [2.05, 4.69) is 45.5 Å². The third-order valence-electron chi connectivity index (χ3n) is 6.18. The van der Waals surface area contributed by atoms with Gasteiger partial charge in [-0.25, -0.2) is 0 Å². The fourth-order valence-corrected chi connectivity index (χ4v) is 4.35. The summed E-state index contributed by atoms with van der Waals surface area (Å²) in [4.78, 5) is 4.65. The van der Waals surface area contributed by atoms with E-state index in [9.17, 15) is 0 Å². The largest absolute Gasteiger partial charge is 0.454 e. The number of ether oxygens (including phenoxy) is 2. The molecule has 3 N–H and O–H groups in total. The molecule has 0 saturated carbocycles. The fourth-order valence-electron chi connectivity index (χ4n) is 4.35. The van der Waals surface area contributed by atoms with Crippen molar-refractivity contribution in [2.75, 3.05) is 49.9 Å². The monoisotopic (exact) mass is 420 g/mol. The van der Waals surface area contributed by atoms with Gasteiger partial charge in [-0.05, 0) is 62.8 Å². The molecule has 5 rings (SSSR count). The number of nitrogen functional groups attached to an aromatic ring is 1. The molecule has 8 nitrogen and oxygen atoms in total. The van der Waals surface area contributed by atoms with E-state index in [1.165, 1.54) is 0 Å². The van der Waals surface area contributed by atoms with Crippen LogP contribution < -0.4 is 25.4 Å². The maximum atomic E-state index is 6.12. The molecule has 0 atom stereocenters. The van der Waals surface area contributed by atoms with Gasteiger partial charge in [0.25, 0.3) is 0 Å². The number of aromatic nitrogens is 2. The summed E-state index contributed by atoms with van der Waals surface area (Å²) in [6.45, 7) is 2.82. The number of hydrogen-bond donors (Lipinski definition) is 2. The van der Waals surface area contributed by atoms with Crippen LogP contribution in [0.25, 0.3) is 10.8 Å². The average molecular weight is 421 g/mol. The lowest BCUT2D eigenvalue weighted by Crippen LogP contribution is -2.42. The second kappa shape index (κ2) is 8.11. The molecule has 3 heterocycles. The van der Waals surface area contributed by atoms with Gasteiger partial charge < -0.3 is 30.3 Å². The SMILES string of the molecule is CN(C)C1CCN(c2nnc(NCc3ccc4c(c3)OCO4)c3cc(N)ccc23)CC1. The van der Waals surface area contributed by atoms with E-state index in [0.29, 0.717) is 18.3 Å². The third-order valence-corrected chi connectivity index (χ3v) is 6.18. The molecule has 0 amide bonds. The quantitative estimate of drug-likeness (QED) is 0.609. The molecule has 31 heavy (non-hydrogen) atoms. The summed E-state index contributed by atoms with van der Waals surface area (Å²) in [5.41, 5.74) is 7.91. The van der Waals surface area contributed by atoms with Crippen LogP contribution >= 0.6 is 0 Å². The molecule has 0 spiro atoms. The summed E-state index contributed by atoms with van der Waals surface area (Å²) in [7, 11) is 4.30. The van der Waals surface area contributed by atoms with Gasteiger partial charge in [0.15, 0.2) is 23.1 Å². The number of piperidine rings is 1. The van der Waals surface area contributed by atoms with Gasteiger partial charge in [-0.2, -0.15) is 0 Å². The van der Waals surface area contributed by atoms with E-state index in [1.807, 2.05) is 30.3 Å². The molecular weight excluding hydrogens is 392 g/mol. The number of hydrogen-bond acceptors (Lipinski definition) is 8. The van der Waals surface area contributed by atoms with Crippen molar-refractivity contribution in [3.63, 3.8) is 0 Å². The molecule has 2 aliphatic heterocycles. The minimum absolute atomic E-state index is 0.273. The first-order chi connectivity index (χ1) is 15.1. The van der Waals surface area contributed by atoms with Crippen molar-refractivity contribution < 1.29 is 9.47 Å². The van der Waals surface area contributed by atoms with Gasteiger partial charge in [0.1, 0.15) is 0 Å². The van der Waals surface area contributed by atoms with Crippen LogP contribution in [0.2, 0.25) is 0 Å². The fraction of sp³-hybridized carbons (Fsp3) is 0.391. The Kier molecular flexibility index (Phi) is 5.15. The van der Waals surface area contributed by atoms with Crippen LogP contribution in [0.3, 0.4) is 0 Å². The lowest BCUT2D eigenvalue weighted by atomic mass is 10.0. The van der Waals surface area contributed by atoms with E-state index in [1.54, 1.807) is 0 Å². The Bertz CT molecular complexity index is 1090. The van der Waals surface area contributed by atoms with Gasteiger partial charge in [-0.1, -0.05) is 6.07 Å². The second-order valence-corrected chi connectivity index (χ2v) is 8.40. The highest BCUT2D eigenvalue weighted by atomic mass is 16.7. The van der Waals surface area contributed by atoms with Crippen molar-refractivity contribution in [3.8, 4) is 11.5 Å². The summed E-state index contributed by atoms with van der Waals surface area (Å²) in [5, 5.41) is 14.6. The van der Waals surface area contributed by atoms with Crippen molar-refractivity contribution in [2.24, 2.45) is 0 Å². The third kappa shape index (κ3) is 3.90. The van der Waals surface area contributed by atoms with Crippen molar-refractivity contribution in [3.05, 3.63) is 42.0 Å². The molecule has 1 aromatic heterocycles. The van der Waals surface area contributed by atoms with Crippen LogP contribution in [0.4, 0.5) is 17.3 Å². The molecular formula is C23H28N6O2. The number of anilines is 3. The van der Waals surface area contributed by atoms with Crippen LogP contribution in [0.15, 0.2) is 36.4 Å². The standard InChI is InChI=1S/C23H28N6O2/c1-28(2)17-7-9-29(10-8-17)23-18-5-4-16(24)12-19(18)22(26-27-23)25-13-15-3-6-20-21(11-15)31-14-30-20/h3-6,11-12,17H,7-10,13-14,24H2,1-2H3,(H,25,26). The van der Waals surface area contributed by atoms with Crippen molar-refractivity contribution in [2.45, 2.75) is 25.4 Å². The van der Waals surface area contributed by atoms with E-state index in [4.69, 9.17) is 15.2 Å². The normalized spacial score (nSPS) is 16.3. The summed E-state index contributed by atoms with van der Waals surface area (Å²) in [5.74, 6) is 3.22. The summed E-state index contributed by atoms with van der Waals surface area (Å²) >= 11 is 0. The number of nitrogens with two attached hydrogens (primary N) is 1. The predicted molar refractivity (Wildman–Crippen MR) is 123 cm³/mol. The van der Waals surface area contributed by atoms with Gasteiger partial charge in [0.05, 0.1) is 0 Å². The topological polar surface area (TPSA) is 88.8 Å². The molecule has 1 saturated heterocycles. The number of benzene rings is 2. The van der Waals surface area contributed by atoms with Crippen molar-refractivity contribution >= 4 is 28.1 Å². The zero-order chi connectivity index (χ0) is 21.4. The number of rotatable bonds is 5. The van der Waals surface area contributed by atoms with E-state index < -0.39 is 0 Å². The summed E-state index contributed by atoms with van der Waals surface area (Å²) in [6, 6.07) is 12.5. The zero-order valence-electron chi connectivity index (χ0n) is 18.0. The smallest absolute Gasteiger partial charge is 0.231 e. The van der Waals surface area contributed by atoms with Crippen LogP contribution in [-0.2, 0) is 6.54 Å². The van der Waals surface area contributed by atoms with Crippen LogP contribution in [0.5, 0.6) is 11.5 Å². The van der Waals surface area contributed by atoms with Crippen LogP contribution in [0, 0.1) is 0 Å². The first kappa shape index (κ1) is 19.7. The maximum absolute atomic E-state index is 6.12. The molecule has 2 aromatic carbocycles. The van der Waals surface area contributed by atoms with Crippen molar-refractivity contribution in [1.29, 1.82) is 0 Å². The van der Waals surface area contributed by atoms with E-state index in [0.717, 1.165) is 65.4 Å². The second-order valence-electron chi connectivity index (χ2n) is 8.40. The Morgan fingerprint density at radius 2 is 1.84 bits per heavy atom. The average Bonchev–Trinajstić information content (AvgIpc) is 3.25. The van der Waals surface area contributed by atoms with Crippen molar-refractivity contribution in [1.82, 2.24) is 15.1 Å². The molecule has 1 fully saturated rings. The van der Waals surface area contributed by atoms with Crippen LogP contribution in [0.1, 0.15) is 18.4 Å². The highest BCUT2D eigenvalue weighted by Crippen LogP contribution is 2.34. The Balaban J connectivity index is 1.39. The molecule has 8 heteroatoms. The van der Waals surface area contributed by atoms with Gasteiger partial charge in [0, 0.05) is 42.1 Å². The van der Waals surface area contributed by atoms with Gasteiger partial charge >= 0.3 is 0 Å². The maximum Gasteiger partial charge on any atom is 0.231 e. The molecule has 162 valence electrons. The first-order valence-corrected chi connectivity index (χ1v) is 10.7. The summed E-state index contributed by atoms with van der Waals surface area (Å²) < 4.78 is 10.9. The zero-order valence-corrected chi connectivity index (χ0v) is 18.0. The molecule has 0 unspecified atom stereocenters. The lowest BCUT2D eigenvalue weighted by Gasteiger charge is -2.36. The number of nitrogens with one attached hydrogen (secondary N) is 1. The van der Waals surface area contributed by atoms with E-state index in [-0.39, 0.29) is 6.79 Å². The Morgan fingerprint density at radius 3 is 2.65 bits per heavy atom. The van der Waals surface area contributed by atoms with Crippen LogP contribution in [-0.4, -0.2) is 55.1 Å². The highest BCUT2D eigenvalue weighted by molar-refractivity contribution is 6.00. The molecule has 3 aromatic rings. The van der Waals surface area contributed by atoms with E-state index >= 15 is 0 Å². The lowest BCUT2D eigenvalue weighted by molar-refractivity contribution is 0.174. The Hall–Kier alpha value is -3.26. The first-order valence-electron chi connectivity index (χ1n) is 10.7. The minimum Gasteiger partial charge on any atom is -0.454 e. The number of nitrogens with zero attached hydrogens (tertiary/aromatic N) is 4. The highest BCUT2D eigenvalue weighted by Gasteiger charge is 2.24. The van der Waals surface area contributed by atoms with Gasteiger partial charge in [-0.3, -0.25) is 0 Å². The molecule has 2 aliphatic rings. The molecule has 0 bridgehead atoms. The summed E-state index contributed by atoms with van der Waals surface area (Å²) in [6.07, 6.45) is 2.24.